The monoisotopic (exact) mass is 226 g/mol. The number of para-hydroxylation sites is 1. The molecule has 0 amide bonds. The minimum absolute atomic E-state index is 0.378. The number of hydrogen-bond acceptors (Lipinski definition) is 2. The number of likely N-dealkylation sites (N-methyl/N-ethyl adjacent to an activating group) is 1. The molecule has 2 rings (SSSR count). The molecule has 0 aliphatic rings. The number of benzene rings is 1. The van der Waals surface area contributed by atoms with Gasteiger partial charge in [-0.1, -0.05) is 29.8 Å². The number of rotatable bonds is 3. The summed E-state index contributed by atoms with van der Waals surface area (Å²) in [5.41, 5.74) is 3.35. The van der Waals surface area contributed by atoms with Gasteiger partial charge in [-0.2, -0.15) is 0 Å². The van der Waals surface area contributed by atoms with Gasteiger partial charge in [-0.05, 0) is 39.1 Å². The normalized spacial score (nSPS) is 13.9. The van der Waals surface area contributed by atoms with Crippen molar-refractivity contribution in [3.8, 4) is 0 Å². The van der Waals surface area contributed by atoms with Gasteiger partial charge in [-0.25, -0.2) is 4.98 Å². The first kappa shape index (κ1) is 11.8. The zero-order valence-corrected chi connectivity index (χ0v) is 10.6. The quantitative estimate of drug-likeness (QED) is 0.869. The summed E-state index contributed by atoms with van der Waals surface area (Å²) < 4.78 is 0. The second-order valence-electron chi connectivity index (χ2n) is 4.33. The molecular formula is C15H18N2. The van der Waals surface area contributed by atoms with Gasteiger partial charge < -0.3 is 5.32 Å². The maximum atomic E-state index is 4.63. The lowest BCUT2D eigenvalue weighted by Crippen LogP contribution is -2.22. The van der Waals surface area contributed by atoms with Gasteiger partial charge in [-0.15, -0.1) is 0 Å². The molecule has 1 aromatic heterocycles. The maximum Gasteiger partial charge on any atom is 0.0709 e. The summed E-state index contributed by atoms with van der Waals surface area (Å²) in [7, 11) is 1.97. The summed E-state index contributed by atoms with van der Waals surface area (Å²) in [6, 6.07) is 12.7. The van der Waals surface area contributed by atoms with E-state index in [2.05, 4.69) is 48.4 Å². The van der Waals surface area contributed by atoms with Crippen molar-refractivity contribution in [1.29, 1.82) is 0 Å². The van der Waals surface area contributed by atoms with Crippen LogP contribution in [0.25, 0.3) is 17.0 Å². The van der Waals surface area contributed by atoms with E-state index >= 15 is 0 Å². The molecule has 17 heavy (non-hydrogen) atoms. The van der Waals surface area contributed by atoms with Crippen LogP contribution >= 0.6 is 0 Å². The molecule has 0 saturated heterocycles. The van der Waals surface area contributed by atoms with Crippen molar-refractivity contribution in [2.45, 2.75) is 19.9 Å². The summed E-state index contributed by atoms with van der Waals surface area (Å²) in [4.78, 5) is 4.63. The Labute approximate surface area is 102 Å². The molecule has 1 atom stereocenters. The van der Waals surface area contributed by atoms with E-state index in [1.54, 1.807) is 0 Å². The number of fused-ring (bicyclic) bond motifs is 1. The number of aromatic nitrogens is 1. The molecule has 2 nitrogen and oxygen atoms in total. The summed E-state index contributed by atoms with van der Waals surface area (Å²) in [5, 5.41) is 4.41. The average molecular weight is 226 g/mol. The molecule has 0 aliphatic heterocycles. The van der Waals surface area contributed by atoms with E-state index in [0.29, 0.717) is 6.04 Å². The minimum atomic E-state index is 0.378. The van der Waals surface area contributed by atoms with Crippen LogP contribution in [-0.2, 0) is 0 Å². The summed E-state index contributed by atoms with van der Waals surface area (Å²) in [5.74, 6) is 0. The lowest BCUT2D eigenvalue weighted by molar-refractivity contribution is 0.696. The highest BCUT2D eigenvalue weighted by Gasteiger charge is 2.01. The minimum Gasteiger partial charge on any atom is -0.314 e. The van der Waals surface area contributed by atoms with Gasteiger partial charge in [0.05, 0.1) is 11.2 Å². The molecule has 2 heteroatoms. The Hall–Kier alpha value is -1.67. The Morgan fingerprint density at radius 3 is 2.76 bits per heavy atom. The van der Waals surface area contributed by atoms with Crippen molar-refractivity contribution < 1.29 is 0 Å². The van der Waals surface area contributed by atoms with Crippen LogP contribution in [0.15, 0.2) is 42.0 Å². The first-order valence-corrected chi connectivity index (χ1v) is 5.92. The van der Waals surface area contributed by atoms with Crippen molar-refractivity contribution in [2.75, 3.05) is 7.05 Å². The Morgan fingerprint density at radius 1 is 1.24 bits per heavy atom. The number of nitrogens with one attached hydrogen (secondary N) is 1. The SMILES string of the molecule is CNC(C)/C(C)=C/c1ccc2ccccc2n1. The molecule has 0 spiro atoms. The number of hydrogen-bond donors (Lipinski definition) is 1. The topological polar surface area (TPSA) is 24.9 Å². The van der Waals surface area contributed by atoms with E-state index in [1.165, 1.54) is 11.0 Å². The molecule has 1 N–H and O–H groups in total. The van der Waals surface area contributed by atoms with Gasteiger partial charge in [0.1, 0.15) is 0 Å². The fourth-order valence-electron chi connectivity index (χ4n) is 1.75. The molecule has 0 bridgehead atoms. The van der Waals surface area contributed by atoms with E-state index in [0.717, 1.165) is 11.2 Å². The molecule has 1 aromatic carbocycles. The molecule has 1 unspecified atom stereocenters. The fraction of sp³-hybridized carbons (Fsp3) is 0.267. The number of pyridine rings is 1. The van der Waals surface area contributed by atoms with Crippen molar-refractivity contribution >= 4 is 17.0 Å². The molecule has 2 aromatic rings. The van der Waals surface area contributed by atoms with Gasteiger partial charge in [0.25, 0.3) is 0 Å². The lowest BCUT2D eigenvalue weighted by atomic mass is 10.1. The predicted octanol–water partition coefficient (Wildman–Crippen LogP) is 3.25. The molecule has 0 saturated carbocycles. The molecule has 0 aliphatic carbocycles. The van der Waals surface area contributed by atoms with Gasteiger partial charge in [0.2, 0.25) is 0 Å². The third kappa shape index (κ3) is 2.71. The summed E-state index contributed by atoms with van der Waals surface area (Å²) in [6.07, 6.45) is 2.13. The van der Waals surface area contributed by atoms with E-state index < -0.39 is 0 Å². The molecule has 1 heterocycles. The zero-order chi connectivity index (χ0) is 12.3. The molecule has 0 fully saturated rings. The van der Waals surface area contributed by atoms with Gasteiger partial charge in [0, 0.05) is 11.4 Å². The molecule has 88 valence electrons. The third-order valence-electron chi connectivity index (χ3n) is 3.11. The highest BCUT2D eigenvalue weighted by Crippen LogP contribution is 2.14. The van der Waals surface area contributed by atoms with E-state index in [-0.39, 0.29) is 0 Å². The molecule has 0 radical (unpaired) electrons. The second-order valence-corrected chi connectivity index (χ2v) is 4.33. The zero-order valence-electron chi connectivity index (χ0n) is 10.6. The number of nitrogens with zero attached hydrogens (tertiary/aromatic N) is 1. The Morgan fingerprint density at radius 2 is 2.00 bits per heavy atom. The van der Waals surface area contributed by atoms with Crippen molar-refractivity contribution in [3.05, 3.63) is 47.7 Å². The van der Waals surface area contributed by atoms with Crippen LogP contribution in [-0.4, -0.2) is 18.1 Å². The van der Waals surface area contributed by atoms with Crippen LogP contribution in [0.3, 0.4) is 0 Å². The Kier molecular flexibility index (Phi) is 3.55. The first-order chi connectivity index (χ1) is 8.20. The second kappa shape index (κ2) is 5.11. The van der Waals surface area contributed by atoms with Gasteiger partial charge >= 0.3 is 0 Å². The van der Waals surface area contributed by atoms with Gasteiger partial charge in [-0.3, -0.25) is 0 Å². The van der Waals surface area contributed by atoms with Gasteiger partial charge in [0.15, 0.2) is 0 Å². The van der Waals surface area contributed by atoms with E-state index in [4.69, 9.17) is 0 Å². The highest BCUT2D eigenvalue weighted by atomic mass is 14.9. The van der Waals surface area contributed by atoms with Crippen LogP contribution < -0.4 is 5.32 Å². The highest BCUT2D eigenvalue weighted by molar-refractivity contribution is 5.79. The average Bonchev–Trinajstić information content (AvgIpc) is 2.37. The van der Waals surface area contributed by atoms with E-state index in [9.17, 15) is 0 Å². The Balaban J connectivity index is 2.37. The smallest absolute Gasteiger partial charge is 0.0709 e. The first-order valence-electron chi connectivity index (χ1n) is 5.92. The third-order valence-corrected chi connectivity index (χ3v) is 3.11. The fourth-order valence-corrected chi connectivity index (χ4v) is 1.75. The standard InChI is InChI=1S/C15H18N2/c1-11(12(2)16-3)10-14-9-8-13-6-4-5-7-15(13)17-14/h4-10,12,16H,1-3H3/b11-10+. The maximum absolute atomic E-state index is 4.63. The van der Waals surface area contributed by atoms with Crippen LogP contribution in [0.1, 0.15) is 19.5 Å². The largest absolute Gasteiger partial charge is 0.314 e. The van der Waals surface area contributed by atoms with Crippen LogP contribution in [0.2, 0.25) is 0 Å². The lowest BCUT2D eigenvalue weighted by Gasteiger charge is -2.10. The summed E-state index contributed by atoms with van der Waals surface area (Å²) >= 11 is 0. The van der Waals surface area contributed by atoms with Crippen LogP contribution in [0, 0.1) is 0 Å². The van der Waals surface area contributed by atoms with Crippen molar-refractivity contribution in [3.63, 3.8) is 0 Å². The molecular weight excluding hydrogens is 208 g/mol. The predicted molar refractivity (Wildman–Crippen MR) is 73.9 cm³/mol. The van der Waals surface area contributed by atoms with Crippen LogP contribution in [0.5, 0.6) is 0 Å². The summed E-state index contributed by atoms with van der Waals surface area (Å²) in [6.45, 7) is 4.27. The van der Waals surface area contributed by atoms with Crippen LogP contribution in [0.4, 0.5) is 0 Å². The van der Waals surface area contributed by atoms with Crippen molar-refractivity contribution in [1.82, 2.24) is 10.3 Å². The van der Waals surface area contributed by atoms with Crippen molar-refractivity contribution in [2.24, 2.45) is 0 Å². The Bertz CT molecular complexity index is 543. The van der Waals surface area contributed by atoms with E-state index in [1.807, 2.05) is 25.2 Å².